The lowest BCUT2D eigenvalue weighted by molar-refractivity contribution is 0.213. The van der Waals surface area contributed by atoms with Gasteiger partial charge in [0.25, 0.3) is 0 Å². The van der Waals surface area contributed by atoms with Crippen molar-refractivity contribution in [2.24, 2.45) is 0 Å². The van der Waals surface area contributed by atoms with Crippen molar-refractivity contribution in [2.45, 2.75) is 26.2 Å². The summed E-state index contributed by atoms with van der Waals surface area (Å²) in [5.74, 6) is 0.746. The molecular weight excluding hydrogens is 402 g/mol. The van der Waals surface area contributed by atoms with Gasteiger partial charge in [0, 0.05) is 53.2 Å². The largest absolute Gasteiger partial charge is 0.418 e. The zero-order valence-electron chi connectivity index (χ0n) is 18.1. The topological polar surface area (TPSA) is 83.1 Å². The Morgan fingerprint density at radius 1 is 1.12 bits per heavy atom. The number of nitrogens with zero attached hydrogens (tertiary/aromatic N) is 3. The molecule has 5 rings (SSSR count). The number of H-pyrrole nitrogens is 1. The van der Waals surface area contributed by atoms with E-state index >= 15 is 0 Å². The molecule has 2 aromatic carbocycles. The minimum absolute atomic E-state index is 0.239. The van der Waals surface area contributed by atoms with Crippen LogP contribution >= 0.6 is 0 Å². The monoisotopic (exact) mass is 427 g/mol. The van der Waals surface area contributed by atoms with E-state index in [2.05, 4.69) is 56.8 Å². The molecule has 0 aliphatic carbocycles. The van der Waals surface area contributed by atoms with Gasteiger partial charge in [0.2, 0.25) is 5.88 Å². The van der Waals surface area contributed by atoms with Crippen LogP contribution in [0.5, 0.6) is 5.88 Å². The molecule has 1 aliphatic heterocycles. The Labute approximate surface area is 186 Å². The van der Waals surface area contributed by atoms with Gasteiger partial charge in [0.15, 0.2) is 0 Å². The third kappa shape index (κ3) is 4.14. The summed E-state index contributed by atoms with van der Waals surface area (Å²) >= 11 is 0. The second-order valence-corrected chi connectivity index (χ2v) is 8.26. The fraction of sp³-hybridized carbons (Fsp3) is 0.240. The number of amides is 1. The minimum Gasteiger partial charge on any atom is -0.389 e. The van der Waals surface area contributed by atoms with Crippen molar-refractivity contribution in [1.82, 2.24) is 15.2 Å². The average molecular weight is 428 g/mol. The Balaban J connectivity index is 1.40. The summed E-state index contributed by atoms with van der Waals surface area (Å²) in [7, 11) is 0. The molecule has 0 radical (unpaired) electrons. The van der Waals surface area contributed by atoms with Crippen molar-refractivity contribution in [3.8, 4) is 5.88 Å². The van der Waals surface area contributed by atoms with Crippen molar-refractivity contribution in [3.63, 3.8) is 0 Å². The number of hydrogen-bond acceptors (Lipinski definition) is 5. The van der Waals surface area contributed by atoms with Gasteiger partial charge in [-0.2, -0.15) is 0 Å². The number of fused-ring (bicyclic) bond motifs is 1. The Kier molecular flexibility index (Phi) is 5.23. The van der Waals surface area contributed by atoms with Gasteiger partial charge in [-0.1, -0.05) is 30.3 Å². The Bertz CT molecular complexity index is 1270. The molecule has 2 aromatic heterocycles. The first-order valence-electron chi connectivity index (χ1n) is 10.8. The van der Waals surface area contributed by atoms with E-state index < -0.39 is 6.09 Å². The number of carbonyl (C=O) groups is 1. The lowest BCUT2D eigenvalue weighted by Crippen LogP contribution is -2.20. The zero-order valence-corrected chi connectivity index (χ0v) is 18.1. The zero-order chi connectivity index (χ0) is 22.1. The molecule has 7 nitrogen and oxygen atoms in total. The van der Waals surface area contributed by atoms with Crippen molar-refractivity contribution in [3.05, 3.63) is 77.6 Å². The van der Waals surface area contributed by atoms with Crippen molar-refractivity contribution in [2.75, 3.05) is 23.3 Å². The highest BCUT2D eigenvalue weighted by Gasteiger charge is 2.25. The molecule has 1 amide bonds. The second-order valence-electron chi connectivity index (χ2n) is 8.26. The number of carbonyl (C=O) groups excluding carboxylic acids is 1. The van der Waals surface area contributed by atoms with E-state index in [1.807, 2.05) is 32.0 Å². The van der Waals surface area contributed by atoms with Crippen LogP contribution in [0.25, 0.3) is 10.9 Å². The number of aryl methyl sites for hydroxylation is 2. The summed E-state index contributed by atoms with van der Waals surface area (Å²) in [6, 6.07) is 20.2. The van der Waals surface area contributed by atoms with Gasteiger partial charge < -0.3 is 9.64 Å². The van der Waals surface area contributed by atoms with Gasteiger partial charge in [-0.15, -0.1) is 5.10 Å². The number of hydrogen-bond donors (Lipinski definition) is 2. The van der Waals surface area contributed by atoms with E-state index in [4.69, 9.17) is 9.72 Å². The standard InChI is InChI=1S/C25H25N5O2/c1-16-12-23(30-11-10-19(15-30)18-6-4-3-5-7-18)21-14-20(8-9-22(21)26-16)27-25(31)32-24-13-17(2)28-29-24/h3-9,12-14,19H,10-11,15H2,1-2H3,(H,27,31)(H,28,29). The number of rotatable bonds is 4. The van der Waals surface area contributed by atoms with E-state index in [0.717, 1.165) is 47.5 Å². The number of pyridine rings is 1. The fourth-order valence-electron chi connectivity index (χ4n) is 4.34. The number of benzene rings is 2. The van der Waals surface area contributed by atoms with Gasteiger partial charge in [-0.25, -0.2) is 4.79 Å². The first-order chi connectivity index (χ1) is 15.5. The summed E-state index contributed by atoms with van der Waals surface area (Å²) in [5, 5.41) is 10.5. The molecule has 3 heterocycles. The normalized spacial score (nSPS) is 15.8. The number of anilines is 2. The highest BCUT2D eigenvalue weighted by atomic mass is 16.6. The smallest absolute Gasteiger partial charge is 0.389 e. The molecule has 32 heavy (non-hydrogen) atoms. The lowest BCUT2D eigenvalue weighted by atomic mass is 9.99. The molecule has 0 saturated carbocycles. The quantitative estimate of drug-likeness (QED) is 0.469. The maximum Gasteiger partial charge on any atom is 0.418 e. The molecule has 1 unspecified atom stereocenters. The van der Waals surface area contributed by atoms with Crippen molar-refractivity contribution in [1.29, 1.82) is 0 Å². The Morgan fingerprint density at radius 3 is 2.75 bits per heavy atom. The number of ether oxygens (including phenoxy) is 1. The summed E-state index contributed by atoms with van der Waals surface area (Å²) in [6.07, 6.45) is 0.531. The third-order valence-electron chi connectivity index (χ3n) is 5.84. The first kappa shape index (κ1) is 20.1. The van der Waals surface area contributed by atoms with Crippen LogP contribution in [0.4, 0.5) is 16.2 Å². The molecule has 0 spiro atoms. The van der Waals surface area contributed by atoms with E-state index in [-0.39, 0.29) is 5.88 Å². The molecule has 1 atom stereocenters. The highest BCUT2D eigenvalue weighted by Crippen LogP contribution is 2.35. The SMILES string of the molecule is Cc1cc(N2CCC(c3ccccc3)C2)c2cc(NC(=O)Oc3cc(C)[nH]n3)ccc2n1. The van der Waals surface area contributed by atoms with Crippen LogP contribution in [0.2, 0.25) is 0 Å². The van der Waals surface area contributed by atoms with Gasteiger partial charge in [-0.3, -0.25) is 15.4 Å². The molecule has 1 saturated heterocycles. The summed E-state index contributed by atoms with van der Waals surface area (Å²) < 4.78 is 5.24. The summed E-state index contributed by atoms with van der Waals surface area (Å²) in [4.78, 5) is 19.4. The summed E-state index contributed by atoms with van der Waals surface area (Å²) in [5.41, 5.74) is 5.88. The van der Waals surface area contributed by atoms with Crippen LogP contribution in [0.1, 0.15) is 29.3 Å². The van der Waals surface area contributed by atoms with Crippen LogP contribution in [-0.4, -0.2) is 34.4 Å². The van der Waals surface area contributed by atoms with Crippen LogP contribution in [0.3, 0.4) is 0 Å². The average Bonchev–Trinajstić information content (AvgIpc) is 3.43. The second kappa shape index (κ2) is 8.34. The van der Waals surface area contributed by atoms with Gasteiger partial charge in [-0.05, 0) is 50.1 Å². The van der Waals surface area contributed by atoms with E-state index in [1.54, 1.807) is 6.07 Å². The van der Waals surface area contributed by atoms with E-state index in [9.17, 15) is 4.79 Å². The highest BCUT2D eigenvalue weighted by molar-refractivity contribution is 5.97. The minimum atomic E-state index is -0.581. The van der Waals surface area contributed by atoms with Crippen LogP contribution in [0.15, 0.2) is 60.7 Å². The Hall–Kier alpha value is -3.87. The lowest BCUT2D eigenvalue weighted by Gasteiger charge is -2.22. The van der Waals surface area contributed by atoms with Gasteiger partial charge >= 0.3 is 6.09 Å². The molecule has 2 N–H and O–H groups in total. The molecule has 0 bridgehead atoms. The predicted molar refractivity (Wildman–Crippen MR) is 125 cm³/mol. The van der Waals surface area contributed by atoms with Crippen LogP contribution < -0.4 is 15.0 Å². The number of aromatic nitrogens is 3. The predicted octanol–water partition coefficient (Wildman–Crippen LogP) is 5.18. The molecular formula is C25H25N5O2. The number of nitrogens with one attached hydrogen (secondary N) is 2. The van der Waals surface area contributed by atoms with Crippen LogP contribution in [-0.2, 0) is 0 Å². The maximum absolute atomic E-state index is 12.3. The van der Waals surface area contributed by atoms with E-state index in [0.29, 0.717) is 11.6 Å². The van der Waals surface area contributed by atoms with Gasteiger partial charge in [0.1, 0.15) is 0 Å². The first-order valence-corrected chi connectivity index (χ1v) is 10.8. The molecule has 162 valence electrons. The number of aromatic amines is 1. The van der Waals surface area contributed by atoms with Crippen molar-refractivity contribution < 1.29 is 9.53 Å². The molecule has 1 aliphatic rings. The van der Waals surface area contributed by atoms with Crippen LogP contribution in [0, 0.1) is 13.8 Å². The van der Waals surface area contributed by atoms with Gasteiger partial charge in [0.05, 0.1) is 5.52 Å². The van der Waals surface area contributed by atoms with Crippen molar-refractivity contribution >= 4 is 28.4 Å². The third-order valence-corrected chi connectivity index (χ3v) is 5.84. The Morgan fingerprint density at radius 2 is 1.97 bits per heavy atom. The maximum atomic E-state index is 12.3. The molecule has 1 fully saturated rings. The summed E-state index contributed by atoms with van der Waals surface area (Å²) in [6.45, 7) is 5.80. The fourth-order valence-corrected chi connectivity index (χ4v) is 4.34. The molecule has 4 aromatic rings. The molecule has 7 heteroatoms. The van der Waals surface area contributed by atoms with E-state index in [1.165, 1.54) is 5.56 Å².